The molecule has 0 bridgehead atoms. The molecular formula is C6H8O3S. The van der Waals surface area contributed by atoms with Crippen molar-refractivity contribution in [3.05, 3.63) is 11.5 Å². The number of carbonyl (C=O) groups excluding carboxylic acids is 2. The van der Waals surface area contributed by atoms with E-state index in [0.29, 0.717) is 0 Å². The van der Waals surface area contributed by atoms with Crippen molar-refractivity contribution in [2.75, 3.05) is 7.11 Å². The molecule has 0 radical (unpaired) electrons. The number of hydrogen-bond donors (Lipinski definition) is 0. The Labute approximate surface area is 63.4 Å². The van der Waals surface area contributed by atoms with Crippen LogP contribution in [0.4, 0.5) is 0 Å². The number of hydrogen-bond acceptors (Lipinski definition) is 4. The van der Waals surface area contributed by atoms with Crippen LogP contribution in [-0.4, -0.2) is 18.2 Å². The highest BCUT2D eigenvalue weighted by Gasteiger charge is 1.91. The van der Waals surface area contributed by atoms with E-state index in [1.54, 1.807) is 0 Å². The molecule has 0 aromatic heterocycles. The van der Waals surface area contributed by atoms with Crippen molar-refractivity contribution < 1.29 is 14.3 Å². The van der Waals surface area contributed by atoms with Crippen molar-refractivity contribution in [2.45, 2.75) is 6.92 Å². The lowest BCUT2D eigenvalue weighted by molar-refractivity contribution is -0.134. The lowest BCUT2D eigenvalue weighted by Crippen LogP contribution is -1.92. The maximum atomic E-state index is 10.4. The Kier molecular flexibility index (Phi) is 4.66. The van der Waals surface area contributed by atoms with Gasteiger partial charge in [0.25, 0.3) is 0 Å². The van der Waals surface area contributed by atoms with Gasteiger partial charge in [0.1, 0.15) is 0 Å². The number of esters is 1. The van der Waals surface area contributed by atoms with E-state index >= 15 is 0 Å². The maximum absolute atomic E-state index is 10.4. The number of rotatable bonds is 2. The summed E-state index contributed by atoms with van der Waals surface area (Å²) in [4.78, 5) is 20.6. The molecule has 3 nitrogen and oxygen atoms in total. The van der Waals surface area contributed by atoms with Crippen molar-refractivity contribution in [3.63, 3.8) is 0 Å². The van der Waals surface area contributed by atoms with Crippen LogP contribution in [0.15, 0.2) is 11.5 Å². The third kappa shape index (κ3) is 5.37. The third-order valence-electron chi connectivity index (χ3n) is 0.639. The van der Waals surface area contributed by atoms with Crippen LogP contribution in [0.5, 0.6) is 0 Å². The number of methoxy groups -OCH3 is 1. The minimum atomic E-state index is -0.450. The molecule has 0 aliphatic heterocycles. The first-order valence-electron chi connectivity index (χ1n) is 2.58. The first-order chi connectivity index (χ1) is 4.66. The van der Waals surface area contributed by atoms with Crippen LogP contribution in [0.3, 0.4) is 0 Å². The van der Waals surface area contributed by atoms with Crippen molar-refractivity contribution in [1.29, 1.82) is 0 Å². The lowest BCUT2D eigenvalue weighted by Gasteiger charge is -1.87. The van der Waals surface area contributed by atoms with Gasteiger partial charge in [0.05, 0.1) is 7.11 Å². The maximum Gasteiger partial charge on any atom is 0.330 e. The Morgan fingerprint density at radius 1 is 1.50 bits per heavy atom. The molecule has 0 heterocycles. The normalized spacial score (nSPS) is 9.80. The van der Waals surface area contributed by atoms with E-state index in [1.165, 1.54) is 25.5 Å². The summed E-state index contributed by atoms with van der Waals surface area (Å²) in [5.41, 5.74) is 0. The average Bonchev–Trinajstić information content (AvgIpc) is 1.87. The van der Waals surface area contributed by atoms with Crippen LogP contribution in [0, 0.1) is 0 Å². The minimum absolute atomic E-state index is 0.0554. The van der Waals surface area contributed by atoms with Gasteiger partial charge in [0, 0.05) is 13.0 Å². The Morgan fingerprint density at radius 3 is 2.50 bits per heavy atom. The van der Waals surface area contributed by atoms with Gasteiger partial charge in [-0.25, -0.2) is 4.79 Å². The molecule has 56 valence electrons. The summed E-state index contributed by atoms with van der Waals surface area (Å²) in [7, 11) is 1.28. The smallest absolute Gasteiger partial charge is 0.330 e. The lowest BCUT2D eigenvalue weighted by atomic mass is 10.7. The zero-order valence-corrected chi connectivity index (χ0v) is 6.60. The quantitative estimate of drug-likeness (QED) is 0.445. The molecule has 10 heavy (non-hydrogen) atoms. The van der Waals surface area contributed by atoms with E-state index in [-0.39, 0.29) is 5.12 Å². The first-order valence-corrected chi connectivity index (χ1v) is 3.46. The van der Waals surface area contributed by atoms with Crippen LogP contribution in [0.25, 0.3) is 0 Å². The Hall–Kier alpha value is -0.770. The molecule has 0 aliphatic rings. The van der Waals surface area contributed by atoms with E-state index < -0.39 is 5.97 Å². The standard InChI is InChI=1S/C6H8O3S/c1-5(7)10-4-3-6(8)9-2/h3-4H,1-2H3/b4-3-. The third-order valence-corrected chi connectivity index (χ3v) is 1.24. The van der Waals surface area contributed by atoms with Crippen LogP contribution in [-0.2, 0) is 14.3 Å². The molecule has 0 aromatic rings. The van der Waals surface area contributed by atoms with E-state index in [9.17, 15) is 9.59 Å². The van der Waals surface area contributed by atoms with Gasteiger partial charge in [-0.2, -0.15) is 0 Å². The molecule has 0 fully saturated rings. The average molecular weight is 160 g/mol. The zero-order chi connectivity index (χ0) is 7.98. The predicted molar refractivity (Wildman–Crippen MR) is 39.4 cm³/mol. The van der Waals surface area contributed by atoms with Gasteiger partial charge in [-0.3, -0.25) is 4.79 Å². The van der Waals surface area contributed by atoms with Crippen LogP contribution < -0.4 is 0 Å². The molecule has 0 amide bonds. The molecule has 0 saturated heterocycles. The van der Waals surface area contributed by atoms with Gasteiger partial charge >= 0.3 is 5.97 Å². The molecule has 0 spiro atoms. The second-order valence-electron chi connectivity index (χ2n) is 1.44. The monoisotopic (exact) mass is 160 g/mol. The van der Waals surface area contributed by atoms with Crippen molar-refractivity contribution in [2.24, 2.45) is 0 Å². The van der Waals surface area contributed by atoms with Crippen LogP contribution >= 0.6 is 11.8 Å². The van der Waals surface area contributed by atoms with Gasteiger partial charge < -0.3 is 4.74 Å². The second kappa shape index (κ2) is 5.05. The zero-order valence-electron chi connectivity index (χ0n) is 5.79. The number of ether oxygens (including phenoxy) is 1. The highest BCUT2D eigenvalue weighted by atomic mass is 32.2. The van der Waals surface area contributed by atoms with E-state index in [1.807, 2.05) is 0 Å². The number of carbonyl (C=O) groups is 2. The minimum Gasteiger partial charge on any atom is -0.466 e. The molecule has 0 aliphatic carbocycles. The molecule has 0 N–H and O–H groups in total. The summed E-state index contributed by atoms with van der Waals surface area (Å²) in [5.74, 6) is -0.450. The summed E-state index contributed by atoms with van der Waals surface area (Å²) in [6.07, 6.45) is 1.20. The Balaban J connectivity index is 3.56. The van der Waals surface area contributed by atoms with E-state index in [2.05, 4.69) is 4.74 Å². The van der Waals surface area contributed by atoms with Gasteiger partial charge in [-0.05, 0) is 5.41 Å². The fourth-order valence-corrected chi connectivity index (χ4v) is 0.624. The molecule has 4 heteroatoms. The fraction of sp³-hybridized carbons (Fsp3) is 0.333. The Morgan fingerprint density at radius 2 is 2.10 bits per heavy atom. The summed E-state index contributed by atoms with van der Waals surface area (Å²) in [5, 5.41) is 1.34. The molecule has 0 unspecified atom stereocenters. The largest absolute Gasteiger partial charge is 0.466 e. The van der Waals surface area contributed by atoms with Crippen molar-refractivity contribution in [1.82, 2.24) is 0 Å². The summed E-state index contributed by atoms with van der Waals surface area (Å²) in [6, 6.07) is 0. The molecular weight excluding hydrogens is 152 g/mol. The second-order valence-corrected chi connectivity index (χ2v) is 2.52. The molecule has 0 saturated carbocycles. The van der Waals surface area contributed by atoms with Crippen molar-refractivity contribution in [3.8, 4) is 0 Å². The molecule has 0 rings (SSSR count). The fourth-order valence-electron chi connectivity index (χ4n) is 0.253. The van der Waals surface area contributed by atoms with E-state index in [0.717, 1.165) is 11.8 Å². The Bertz CT molecular complexity index is 162. The van der Waals surface area contributed by atoms with E-state index in [4.69, 9.17) is 0 Å². The predicted octanol–water partition coefficient (Wildman–Crippen LogP) is 0.953. The van der Waals surface area contributed by atoms with Crippen molar-refractivity contribution >= 4 is 22.8 Å². The molecule has 0 aromatic carbocycles. The van der Waals surface area contributed by atoms with Gasteiger partial charge in [-0.1, -0.05) is 11.8 Å². The SMILES string of the molecule is COC(=O)/C=C\SC(C)=O. The summed E-state index contributed by atoms with van der Waals surface area (Å²) < 4.78 is 4.28. The topological polar surface area (TPSA) is 43.4 Å². The van der Waals surface area contributed by atoms with Gasteiger partial charge in [0.2, 0.25) is 0 Å². The van der Waals surface area contributed by atoms with Crippen LogP contribution in [0.2, 0.25) is 0 Å². The van der Waals surface area contributed by atoms with Crippen LogP contribution in [0.1, 0.15) is 6.92 Å². The summed E-state index contributed by atoms with van der Waals surface area (Å²) >= 11 is 0.955. The first kappa shape index (κ1) is 9.23. The highest BCUT2D eigenvalue weighted by molar-refractivity contribution is 8.16. The van der Waals surface area contributed by atoms with Gasteiger partial charge in [-0.15, -0.1) is 0 Å². The van der Waals surface area contributed by atoms with Gasteiger partial charge in [0.15, 0.2) is 5.12 Å². The molecule has 0 atom stereocenters. The highest BCUT2D eigenvalue weighted by Crippen LogP contribution is 2.01. The number of thioether (sulfide) groups is 1. The summed E-state index contributed by atoms with van der Waals surface area (Å²) in [6.45, 7) is 1.42.